The first-order valence-corrected chi connectivity index (χ1v) is 3.46. The van der Waals surface area contributed by atoms with Crippen LogP contribution in [0.2, 0.25) is 0 Å². The minimum absolute atomic E-state index is 0.0741. The zero-order valence-corrected chi connectivity index (χ0v) is 6.05. The van der Waals surface area contributed by atoms with Gasteiger partial charge in [0, 0.05) is 5.46 Å². The lowest BCUT2D eigenvalue weighted by atomic mass is 9.79. The smallest absolute Gasteiger partial charge is 0.423 e. The topological polar surface area (TPSA) is 29.5 Å². The first-order chi connectivity index (χ1) is 5.70. The number of fused-ring (bicyclic) bond motifs is 1. The molecule has 1 aliphatic rings. The molecule has 1 heterocycles. The summed E-state index contributed by atoms with van der Waals surface area (Å²) in [6.45, 7) is 0.133. The van der Waals surface area contributed by atoms with Crippen molar-refractivity contribution in [1.82, 2.24) is 0 Å². The van der Waals surface area contributed by atoms with Gasteiger partial charge in [-0.1, -0.05) is 6.07 Å². The molecule has 1 aromatic carbocycles. The Morgan fingerprint density at radius 3 is 2.92 bits per heavy atom. The highest BCUT2D eigenvalue weighted by molar-refractivity contribution is 6.61. The molecule has 2 rings (SSSR count). The maximum atomic E-state index is 12.9. The van der Waals surface area contributed by atoms with Gasteiger partial charge in [0.1, 0.15) is 0 Å². The third-order valence-corrected chi connectivity index (χ3v) is 1.87. The Balaban J connectivity index is 2.63. The summed E-state index contributed by atoms with van der Waals surface area (Å²) in [7, 11) is -1.32. The second-order valence-corrected chi connectivity index (χ2v) is 2.60. The second-order valence-electron chi connectivity index (χ2n) is 2.60. The van der Waals surface area contributed by atoms with Gasteiger partial charge >= 0.3 is 7.12 Å². The molecule has 12 heavy (non-hydrogen) atoms. The van der Waals surface area contributed by atoms with Gasteiger partial charge in [-0.15, -0.1) is 0 Å². The van der Waals surface area contributed by atoms with Gasteiger partial charge < -0.3 is 9.68 Å². The highest BCUT2D eigenvalue weighted by atomic mass is 19.2. The molecule has 0 saturated carbocycles. The summed E-state index contributed by atoms with van der Waals surface area (Å²) in [5.41, 5.74) is 0.427. The maximum Gasteiger partial charge on any atom is 0.494 e. The monoisotopic (exact) mass is 170 g/mol. The van der Waals surface area contributed by atoms with Crippen molar-refractivity contribution < 1.29 is 18.5 Å². The molecule has 0 fully saturated rings. The van der Waals surface area contributed by atoms with E-state index in [1.54, 1.807) is 0 Å². The lowest BCUT2D eigenvalue weighted by molar-refractivity contribution is 0.275. The molecule has 0 amide bonds. The Hall–Kier alpha value is -0.935. The van der Waals surface area contributed by atoms with E-state index in [1.165, 1.54) is 6.07 Å². The fourth-order valence-electron chi connectivity index (χ4n) is 1.25. The summed E-state index contributed by atoms with van der Waals surface area (Å²) in [5.74, 6) is -1.98. The second kappa shape index (κ2) is 2.53. The van der Waals surface area contributed by atoms with Crippen molar-refractivity contribution in [2.75, 3.05) is 0 Å². The molecular formula is C7H5BF2O2. The van der Waals surface area contributed by atoms with Gasteiger partial charge in [-0.25, -0.2) is 8.78 Å². The SMILES string of the molecule is OB1OCc2ccc(F)c(F)c21. The minimum Gasteiger partial charge on any atom is -0.423 e. The summed E-state index contributed by atoms with van der Waals surface area (Å²) in [6.07, 6.45) is 0. The Labute approximate surface area is 67.9 Å². The van der Waals surface area contributed by atoms with E-state index >= 15 is 0 Å². The molecule has 0 saturated heterocycles. The maximum absolute atomic E-state index is 12.9. The molecule has 5 heteroatoms. The summed E-state index contributed by atoms with van der Waals surface area (Å²) in [5, 5.41) is 9.06. The summed E-state index contributed by atoms with van der Waals surface area (Å²) >= 11 is 0. The molecule has 0 radical (unpaired) electrons. The van der Waals surface area contributed by atoms with Crippen LogP contribution in [0.5, 0.6) is 0 Å². The molecule has 0 atom stereocenters. The molecule has 0 spiro atoms. The lowest BCUT2D eigenvalue weighted by Gasteiger charge is -1.99. The lowest BCUT2D eigenvalue weighted by Crippen LogP contribution is -2.31. The molecule has 1 aromatic rings. The van der Waals surface area contributed by atoms with Gasteiger partial charge in [0.05, 0.1) is 6.61 Å². The third-order valence-electron chi connectivity index (χ3n) is 1.87. The molecule has 0 bridgehead atoms. The van der Waals surface area contributed by atoms with Crippen molar-refractivity contribution in [2.45, 2.75) is 6.61 Å². The highest BCUT2D eigenvalue weighted by Gasteiger charge is 2.32. The third kappa shape index (κ3) is 0.938. The number of hydrogen-bond acceptors (Lipinski definition) is 2. The van der Waals surface area contributed by atoms with Crippen LogP contribution in [0.15, 0.2) is 12.1 Å². The largest absolute Gasteiger partial charge is 0.494 e. The van der Waals surface area contributed by atoms with Crippen molar-refractivity contribution in [1.29, 1.82) is 0 Å². The van der Waals surface area contributed by atoms with Gasteiger partial charge in [0.15, 0.2) is 11.6 Å². The van der Waals surface area contributed by atoms with E-state index < -0.39 is 18.8 Å². The Morgan fingerprint density at radius 1 is 1.42 bits per heavy atom. The van der Waals surface area contributed by atoms with Gasteiger partial charge in [-0.2, -0.15) is 0 Å². The van der Waals surface area contributed by atoms with E-state index in [0.717, 1.165) is 6.07 Å². The van der Waals surface area contributed by atoms with E-state index in [0.29, 0.717) is 5.56 Å². The predicted molar refractivity (Wildman–Crippen MR) is 38.8 cm³/mol. The minimum atomic E-state index is -1.32. The zero-order chi connectivity index (χ0) is 8.72. The first-order valence-electron chi connectivity index (χ1n) is 3.46. The zero-order valence-electron chi connectivity index (χ0n) is 6.05. The average molecular weight is 170 g/mol. The molecule has 62 valence electrons. The van der Waals surface area contributed by atoms with E-state index in [9.17, 15) is 8.78 Å². The molecule has 1 aliphatic heterocycles. The van der Waals surface area contributed by atoms with E-state index in [1.807, 2.05) is 0 Å². The Kier molecular flexibility index (Phi) is 1.63. The number of rotatable bonds is 0. The van der Waals surface area contributed by atoms with Crippen LogP contribution in [0.25, 0.3) is 0 Å². The van der Waals surface area contributed by atoms with Crippen LogP contribution in [-0.4, -0.2) is 12.1 Å². The Morgan fingerprint density at radius 2 is 2.17 bits per heavy atom. The number of benzene rings is 1. The molecule has 0 aliphatic carbocycles. The van der Waals surface area contributed by atoms with Crippen molar-refractivity contribution >= 4 is 12.6 Å². The fraction of sp³-hybridized carbons (Fsp3) is 0.143. The van der Waals surface area contributed by atoms with E-state index in [2.05, 4.69) is 0 Å². The predicted octanol–water partition coefficient (Wildman–Crippen LogP) is 0.183. The van der Waals surface area contributed by atoms with E-state index in [4.69, 9.17) is 9.68 Å². The molecular weight excluding hydrogens is 165 g/mol. The van der Waals surface area contributed by atoms with Crippen LogP contribution in [0.3, 0.4) is 0 Å². The normalized spacial score (nSPS) is 15.1. The summed E-state index contributed by atoms with van der Waals surface area (Å²) in [4.78, 5) is 0. The van der Waals surface area contributed by atoms with Crippen LogP contribution in [-0.2, 0) is 11.3 Å². The number of hydrogen-bond donors (Lipinski definition) is 1. The number of halogens is 2. The van der Waals surface area contributed by atoms with Crippen molar-refractivity contribution in [3.63, 3.8) is 0 Å². The quantitative estimate of drug-likeness (QED) is 0.562. The van der Waals surface area contributed by atoms with Crippen LogP contribution < -0.4 is 5.46 Å². The van der Waals surface area contributed by atoms with E-state index in [-0.39, 0.29) is 12.1 Å². The first kappa shape index (κ1) is 7.70. The van der Waals surface area contributed by atoms with Crippen molar-refractivity contribution in [2.24, 2.45) is 0 Å². The Bertz CT molecular complexity index is 329. The van der Waals surface area contributed by atoms with Crippen LogP contribution in [0.4, 0.5) is 8.78 Å². The van der Waals surface area contributed by atoms with Crippen molar-refractivity contribution in [3.8, 4) is 0 Å². The summed E-state index contributed by atoms with van der Waals surface area (Å²) < 4.78 is 30.3. The standard InChI is InChI=1S/C7H5BF2O2/c9-5-2-1-4-3-12-8(11)6(4)7(5)10/h1-2,11H,3H2. The molecule has 1 N–H and O–H groups in total. The average Bonchev–Trinajstić information content (AvgIpc) is 2.41. The van der Waals surface area contributed by atoms with Gasteiger partial charge in [-0.05, 0) is 11.6 Å². The molecule has 0 unspecified atom stereocenters. The fourth-order valence-corrected chi connectivity index (χ4v) is 1.25. The summed E-state index contributed by atoms with van der Waals surface area (Å²) in [6, 6.07) is 2.43. The van der Waals surface area contributed by atoms with Gasteiger partial charge in [-0.3, -0.25) is 0 Å². The van der Waals surface area contributed by atoms with Crippen LogP contribution in [0, 0.1) is 11.6 Å². The van der Waals surface area contributed by atoms with Crippen molar-refractivity contribution in [3.05, 3.63) is 29.3 Å². The van der Waals surface area contributed by atoms with Gasteiger partial charge in [0.25, 0.3) is 0 Å². The molecule has 0 aromatic heterocycles. The van der Waals surface area contributed by atoms with Crippen LogP contribution in [0.1, 0.15) is 5.56 Å². The van der Waals surface area contributed by atoms with Crippen LogP contribution >= 0.6 is 0 Å². The molecule has 2 nitrogen and oxygen atoms in total. The van der Waals surface area contributed by atoms with Gasteiger partial charge in [0.2, 0.25) is 0 Å². The highest BCUT2D eigenvalue weighted by Crippen LogP contribution is 2.13.